The summed E-state index contributed by atoms with van der Waals surface area (Å²) in [5.74, 6) is -0.133. The fraction of sp³-hybridized carbons (Fsp3) is 0.200. The Morgan fingerprint density at radius 1 is 1.04 bits per heavy atom. The molecule has 2 amide bonds. The number of ketones is 1. The largest absolute Gasteiger partial charge is 0.327 e. The molecule has 3 rings (SSSR count). The van der Waals surface area contributed by atoms with Gasteiger partial charge in [0, 0.05) is 21.9 Å². The molecule has 1 atom stereocenters. The van der Waals surface area contributed by atoms with Gasteiger partial charge in [-0.15, -0.1) is 0 Å². The predicted molar refractivity (Wildman–Crippen MR) is 98.8 cm³/mol. The number of carbonyl (C=O) groups excluding carboxylic acids is 2. The van der Waals surface area contributed by atoms with Crippen molar-refractivity contribution in [3.8, 4) is 0 Å². The molecule has 1 heterocycles. The molecule has 4 nitrogen and oxygen atoms in total. The number of halogens is 1. The fourth-order valence-corrected chi connectivity index (χ4v) is 3.26. The number of urea groups is 1. The van der Waals surface area contributed by atoms with Crippen LogP contribution in [0.4, 0.5) is 4.79 Å². The molecule has 0 spiro atoms. The van der Waals surface area contributed by atoms with Crippen molar-refractivity contribution in [2.45, 2.75) is 26.8 Å². The maximum absolute atomic E-state index is 13.1. The van der Waals surface area contributed by atoms with Gasteiger partial charge in [-0.2, -0.15) is 0 Å². The molecule has 0 saturated heterocycles. The van der Waals surface area contributed by atoms with Gasteiger partial charge in [0.1, 0.15) is 0 Å². The summed E-state index contributed by atoms with van der Waals surface area (Å²) in [7, 11) is 0. The van der Waals surface area contributed by atoms with Gasteiger partial charge in [0.2, 0.25) is 0 Å². The number of hydrogen-bond donors (Lipinski definition) is 2. The minimum absolute atomic E-state index is 0.133. The van der Waals surface area contributed by atoms with Crippen LogP contribution < -0.4 is 10.6 Å². The molecule has 0 aliphatic carbocycles. The molecule has 2 aromatic carbocycles. The van der Waals surface area contributed by atoms with Gasteiger partial charge in [0.05, 0.1) is 6.04 Å². The summed E-state index contributed by atoms with van der Waals surface area (Å²) < 4.78 is 0. The fourth-order valence-electron chi connectivity index (χ4n) is 3.13. The Morgan fingerprint density at radius 2 is 1.72 bits per heavy atom. The number of benzene rings is 2. The average Bonchev–Trinajstić information content (AvgIpc) is 2.54. The highest BCUT2D eigenvalue weighted by atomic mass is 35.5. The lowest BCUT2D eigenvalue weighted by atomic mass is 9.87. The van der Waals surface area contributed by atoms with Crippen LogP contribution in [-0.4, -0.2) is 11.8 Å². The lowest BCUT2D eigenvalue weighted by molar-refractivity contribution is 0.102. The first kappa shape index (κ1) is 17.2. The molecule has 25 heavy (non-hydrogen) atoms. The first-order valence-electron chi connectivity index (χ1n) is 8.02. The molecule has 1 aliphatic heterocycles. The van der Waals surface area contributed by atoms with Gasteiger partial charge in [0.15, 0.2) is 5.78 Å². The maximum Gasteiger partial charge on any atom is 0.319 e. The van der Waals surface area contributed by atoms with Crippen molar-refractivity contribution in [2.24, 2.45) is 0 Å². The minimum atomic E-state index is -0.488. The number of hydrogen-bond acceptors (Lipinski definition) is 2. The van der Waals surface area contributed by atoms with Crippen molar-refractivity contribution < 1.29 is 9.59 Å². The second-order valence-corrected chi connectivity index (χ2v) is 6.70. The van der Waals surface area contributed by atoms with E-state index in [4.69, 9.17) is 11.6 Å². The molecule has 1 aliphatic rings. The van der Waals surface area contributed by atoms with Crippen LogP contribution in [-0.2, 0) is 0 Å². The van der Waals surface area contributed by atoms with Gasteiger partial charge in [-0.05, 0) is 56.2 Å². The van der Waals surface area contributed by atoms with E-state index in [1.165, 1.54) is 0 Å². The summed E-state index contributed by atoms with van der Waals surface area (Å²) in [6.45, 7) is 5.74. The SMILES string of the molecule is CC1=C(C(=O)c2ccc(Cl)cc2)[C@H](c2ccc(C)cc2C)NC(=O)N1. The number of aryl methyl sites for hydroxylation is 2. The number of allylic oxidation sites excluding steroid dienone is 1. The summed E-state index contributed by atoms with van der Waals surface area (Å²) in [5.41, 5.74) is 4.71. The smallest absolute Gasteiger partial charge is 0.319 e. The average molecular weight is 355 g/mol. The summed E-state index contributed by atoms with van der Waals surface area (Å²) in [6.07, 6.45) is 0. The summed E-state index contributed by atoms with van der Waals surface area (Å²) in [6, 6.07) is 12.0. The number of carbonyl (C=O) groups is 2. The van der Waals surface area contributed by atoms with Crippen molar-refractivity contribution in [3.63, 3.8) is 0 Å². The zero-order valence-electron chi connectivity index (χ0n) is 14.3. The minimum Gasteiger partial charge on any atom is -0.327 e. The first-order valence-corrected chi connectivity index (χ1v) is 8.40. The lowest BCUT2D eigenvalue weighted by Crippen LogP contribution is -2.45. The third kappa shape index (κ3) is 3.44. The van der Waals surface area contributed by atoms with E-state index < -0.39 is 6.04 Å². The van der Waals surface area contributed by atoms with E-state index in [1.807, 2.05) is 32.0 Å². The van der Waals surface area contributed by atoms with Crippen molar-refractivity contribution >= 4 is 23.4 Å². The molecule has 0 bridgehead atoms. The van der Waals surface area contributed by atoms with E-state index in [0.29, 0.717) is 21.9 Å². The Kier molecular flexibility index (Phi) is 4.64. The quantitative estimate of drug-likeness (QED) is 0.799. The van der Waals surface area contributed by atoms with Crippen LogP contribution >= 0.6 is 11.6 Å². The van der Waals surface area contributed by atoms with E-state index >= 15 is 0 Å². The summed E-state index contributed by atoms with van der Waals surface area (Å²) in [5, 5.41) is 6.16. The third-order valence-electron chi connectivity index (χ3n) is 4.36. The third-order valence-corrected chi connectivity index (χ3v) is 4.61. The van der Waals surface area contributed by atoms with Crippen molar-refractivity contribution in [2.75, 3.05) is 0 Å². The molecule has 2 N–H and O–H groups in total. The van der Waals surface area contributed by atoms with E-state index in [9.17, 15) is 9.59 Å². The molecular formula is C20H19ClN2O2. The molecule has 2 aromatic rings. The normalized spacial score (nSPS) is 17.1. The van der Waals surface area contributed by atoms with E-state index in [2.05, 4.69) is 10.6 Å². The maximum atomic E-state index is 13.1. The zero-order chi connectivity index (χ0) is 18.1. The second-order valence-electron chi connectivity index (χ2n) is 6.27. The van der Waals surface area contributed by atoms with Crippen LogP contribution in [0.3, 0.4) is 0 Å². The zero-order valence-corrected chi connectivity index (χ0v) is 15.1. The molecule has 0 aromatic heterocycles. The van der Waals surface area contributed by atoms with Crippen LogP contribution in [0.5, 0.6) is 0 Å². The van der Waals surface area contributed by atoms with E-state index in [0.717, 1.165) is 16.7 Å². The van der Waals surface area contributed by atoms with Crippen LogP contribution in [0.25, 0.3) is 0 Å². The topological polar surface area (TPSA) is 58.2 Å². The Labute approximate surface area is 151 Å². The summed E-state index contributed by atoms with van der Waals surface area (Å²) in [4.78, 5) is 25.1. The monoisotopic (exact) mass is 354 g/mol. The molecule has 0 saturated carbocycles. The van der Waals surface area contributed by atoms with Crippen molar-refractivity contribution in [1.82, 2.24) is 10.6 Å². The van der Waals surface area contributed by atoms with Gasteiger partial charge in [-0.3, -0.25) is 4.79 Å². The molecular weight excluding hydrogens is 336 g/mol. The second kappa shape index (κ2) is 6.73. The highest BCUT2D eigenvalue weighted by molar-refractivity contribution is 6.30. The molecule has 0 radical (unpaired) electrons. The van der Waals surface area contributed by atoms with Gasteiger partial charge in [-0.25, -0.2) is 4.79 Å². The Balaban J connectivity index is 2.09. The van der Waals surface area contributed by atoms with Gasteiger partial charge in [0.25, 0.3) is 0 Å². The summed E-state index contributed by atoms with van der Waals surface area (Å²) >= 11 is 5.92. The number of Topliss-reactive ketones (excluding diaryl/α,β-unsaturated/α-hetero) is 1. The molecule has 0 fully saturated rings. The van der Waals surface area contributed by atoms with Crippen LogP contribution in [0, 0.1) is 13.8 Å². The highest BCUT2D eigenvalue weighted by Crippen LogP contribution is 2.31. The molecule has 128 valence electrons. The number of amides is 2. The predicted octanol–water partition coefficient (Wildman–Crippen LogP) is 4.47. The number of nitrogens with one attached hydrogen (secondary N) is 2. The van der Waals surface area contributed by atoms with Crippen LogP contribution in [0.2, 0.25) is 5.02 Å². The molecule has 5 heteroatoms. The lowest BCUT2D eigenvalue weighted by Gasteiger charge is -2.29. The van der Waals surface area contributed by atoms with Gasteiger partial charge in [-0.1, -0.05) is 35.4 Å². The standard InChI is InChI=1S/C20H19ClN2O2/c1-11-4-9-16(12(2)10-11)18-17(13(3)22-20(25)23-18)19(24)14-5-7-15(21)8-6-14/h4-10,18H,1-3H3,(H2,22,23,25)/t18-/m0/s1. The van der Waals surface area contributed by atoms with Crippen molar-refractivity contribution in [1.29, 1.82) is 0 Å². The van der Waals surface area contributed by atoms with E-state index in [1.54, 1.807) is 31.2 Å². The van der Waals surface area contributed by atoms with Crippen LogP contribution in [0.1, 0.15) is 40.0 Å². The first-order chi connectivity index (χ1) is 11.9. The Bertz CT molecular complexity index is 885. The van der Waals surface area contributed by atoms with Crippen molar-refractivity contribution in [3.05, 3.63) is 81.0 Å². The van der Waals surface area contributed by atoms with Crippen LogP contribution in [0.15, 0.2) is 53.7 Å². The Morgan fingerprint density at radius 3 is 2.36 bits per heavy atom. The molecule has 0 unspecified atom stereocenters. The van der Waals surface area contributed by atoms with Gasteiger partial charge >= 0.3 is 6.03 Å². The highest BCUT2D eigenvalue weighted by Gasteiger charge is 2.32. The number of rotatable bonds is 3. The van der Waals surface area contributed by atoms with E-state index in [-0.39, 0.29) is 11.8 Å². The Hall–Kier alpha value is -2.59. The van der Waals surface area contributed by atoms with Gasteiger partial charge < -0.3 is 10.6 Å².